The van der Waals surface area contributed by atoms with E-state index in [-0.39, 0.29) is 5.91 Å². The minimum Gasteiger partial charge on any atom is -0.290 e. The number of hydrogen-bond donors (Lipinski definition) is 0. The van der Waals surface area contributed by atoms with Crippen LogP contribution in [0.4, 0.5) is 0 Å². The standard InChI is InChI=1S/C23H32N2O2/c1-19(2)16-21-12-10-20(11-13-21)14-15-25(18-23(26)24(3)27-4)17-22-8-6-5-7-9-22/h5-13,19H,14-18H2,1-4H3. The van der Waals surface area contributed by atoms with Crippen LogP contribution in [-0.4, -0.2) is 43.1 Å². The van der Waals surface area contributed by atoms with Gasteiger partial charge in [0.1, 0.15) is 0 Å². The third kappa shape index (κ3) is 7.53. The number of benzene rings is 2. The van der Waals surface area contributed by atoms with Crippen LogP contribution in [-0.2, 0) is 29.0 Å². The van der Waals surface area contributed by atoms with Crippen molar-refractivity contribution in [3.63, 3.8) is 0 Å². The average Bonchev–Trinajstić information content (AvgIpc) is 2.66. The summed E-state index contributed by atoms with van der Waals surface area (Å²) in [5, 5.41) is 1.29. The van der Waals surface area contributed by atoms with Crippen LogP contribution in [0.1, 0.15) is 30.5 Å². The van der Waals surface area contributed by atoms with Crippen LogP contribution in [0.2, 0.25) is 0 Å². The van der Waals surface area contributed by atoms with Gasteiger partial charge >= 0.3 is 0 Å². The molecule has 0 atom stereocenters. The molecule has 0 heterocycles. The second-order valence-corrected chi connectivity index (χ2v) is 7.43. The zero-order valence-corrected chi connectivity index (χ0v) is 17.0. The number of rotatable bonds is 10. The first kappa shape index (κ1) is 21.1. The van der Waals surface area contributed by atoms with Gasteiger partial charge in [0.2, 0.25) is 0 Å². The lowest BCUT2D eigenvalue weighted by molar-refractivity contribution is -0.169. The fraction of sp³-hybridized carbons (Fsp3) is 0.435. The molecule has 2 aromatic rings. The maximum Gasteiger partial charge on any atom is 0.260 e. The molecule has 0 saturated carbocycles. The number of hydrogen-bond acceptors (Lipinski definition) is 3. The quantitative estimate of drug-likeness (QED) is 0.595. The van der Waals surface area contributed by atoms with Gasteiger partial charge in [0.15, 0.2) is 0 Å². The minimum absolute atomic E-state index is 0.0410. The highest BCUT2D eigenvalue weighted by atomic mass is 16.7. The molecule has 0 aliphatic carbocycles. The lowest BCUT2D eigenvalue weighted by Gasteiger charge is -2.24. The van der Waals surface area contributed by atoms with Crippen LogP contribution in [0.15, 0.2) is 54.6 Å². The predicted molar refractivity (Wildman–Crippen MR) is 110 cm³/mol. The predicted octanol–water partition coefficient (Wildman–Crippen LogP) is 3.95. The molecule has 0 N–H and O–H groups in total. The van der Waals surface area contributed by atoms with E-state index in [0.29, 0.717) is 12.5 Å². The summed E-state index contributed by atoms with van der Waals surface area (Å²) in [7, 11) is 3.16. The molecule has 2 rings (SSSR count). The van der Waals surface area contributed by atoms with E-state index in [1.807, 2.05) is 18.2 Å². The first-order chi connectivity index (χ1) is 13.0. The fourth-order valence-corrected chi connectivity index (χ4v) is 3.05. The maximum absolute atomic E-state index is 12.3. The molecule has 4 nitrogen and oxygen atoms in total. The zero-order chi connectivity index (χ0) is 19.6. The summed E-state index contributed by atoms with van der Waals surface area (Å²) in [6.45, 7) is 6.38. The van der Waals surface area contributed by atoms with E-state index in [4.69, 9.17) is 4.84 Å². The van der Waals surface area contributed by atoms with Gasteiger partial charge in [-0.1, -0.05) is 68.4 Å². The molecule has 4 heteroatoms. The Labute approximate surface area is 163 Å². The monoisotopic (exact) mass is 368 g/mol. The molecule has 0 spiro atoms. The van der Waals surface area contributed by atoms with Gasteiger partial charge in [0.05, 0.1) is 13.7 Å². The molecule has 0 radical (unpaired) electrons. The zero-order valence-electron chi connectivity index (χ0n) is 17.0. The van der Waals surface area contributed by atoms with Gasteiger partial charge in [-0.25, -0.2) is 5.06 Å². The van der Waals surface area contributed by atoms with Crippen molar-refractivity contribution < 1.29 is 9.63 Å². The molecule has 1 amide bonds. The summed E-state index contributed by atoms with van der Waals surface area (Å²) in [5.41, 5.74) is 3.89. The number of carbonyl (C=O) groups is 1. The average molecular weight is 369 g/mol. The highest BCUT2D eigenvalue weighted by Gasteiger charge is 2.15. The highest BCUT2D eigenvalue weighted by Crippen LogP contribution is 2.12. The largest absolute Gasteiger partial charge is 0.290 e. The molecule has 2 aromatic carbocycles. The number of nitrogens with zero attached hydrogens (tertiary/aromatic N) is 2. The lowest BCUT2D eigenvalue weighted by atomic mass is 10.0. The maximum atomic E-state index is 12.3. The minimum atomic E-state index is -0.0410. The molecular weight excluding hydrogens is 336 g/mol. The van der Waals surface area contributed by atoms with Crippen molar-refractivity contribution in [3.8, 4) is 0 Å². The molecule has 0 saturated heterocycles. The van der Waals surface area contributed by atoms with Gasteiger partial charge < -0.3 is 0 Å². The topological polar surface area (TPSA) is 32.8 Å². The Hall–Kier alpha value is -2.17. The number of amides is 1. The van der Waals surface area contributed by atoms with Crippen molar-refractivity contribution in [2.45, 2.75) is 33.2 Å². The number of carbonyl (C=O) groups excluding carboxylic acids is 1. The summed E-state index contributed by atoms with van der Waals surface area (Å²) in [4.78, 5) is 19.5. The van der Waals surface area contributed by atoms with Crippen molar-refractivity contribution in [1.82, 2.24) is 9.96 Å². The first-order valence-electron chi connectivity index (χ1n) is 9.62. The molecule has 0 unspecified atom stereocenters. The summed E-state index contributed by atoms with van der Waals surface area (Å²) in [6, 6.07) is 19.1. The van der Waals surface area contributed by atoms with Crippen molar-refractivity contribution in [2.75, 3.05) is 27.2 Å². The van der Waals surface area contributed by atoms with Gasteiger partial charge in [-0.15, -0.1) is 0 Å². The van der Waals surface area contributed by atoms with Gasteiger partial charge in [-0.05, 0) is 35.4 Å². The smallest absolute Gasteiger partial charge is 0.260 e. The van der Waals surface area contributed by atoms with Crippen molar-refractivity contribution in [1.29, 1.82) is 0 Å². The van der Waals surface area contributed by atoms with Crippen LogP contribution in [0.3, 0.4) is 0 Å². The van der Waals surface area contributed by atoms with E-state index in [2.05, 4.69) is 55.1 Å². The van der Waals surface area contributed by atoms with Crippen LogP contribution in [0.25, 0.3) is 0 Å². The molecule has 0 aromatic heterocycles. The molecule has 146 valence electrons. The number of hydroxylamine groups is 2. The van der Waals surface area contributed by atoms with E-state index in [0.717, 1.165) is 25.9 Å². The third-order valence-corrected chi connectivity index (χ3v) is 4.62. The molecule has 0 aliphatic rings. The summed E-state index contributed by atoms with van der Waals surface area (Å²) >= 11 is 0. The molecule has 27 heavy (non-hydrogen) atoms. The third-order valence-electron chi connectivity index (χ3n) is 4.62. The normalized spacial score (nSPS) is 11.2. The Bertz CT molecular complexity index is 683. The molecule has 0 bridgehead atoms. The fourth-order valence-electron chi connectivity index (χ4n) is 3.05. The SMILES string of the molecule is CON(C)C(=O)CN(CCc1ccc(CC(C)C)cc1)Cc1ccccc1. The van der Waals surface area contributed by atoms with Crippen molar-refractivity contribution in [2.24, 2.45) is 5.92 Å². The molecule has 0 aliphatic heterocycles. The van der Waals surface area contributed by atoms with Gasteiger partial charge in [0.25, 0.3) is 5.91 Å². The van der Waals surface area contributed by atoms with Gasteiger partial charge in [-0.2, -0.15) is 0 Å². The van der Waals surface area contributed by atoms with E-state index >= 15 is 0 Å². The van der Waals surface area contributed by atoms with E-state index in [1.54, 1.807) is 7.05 Å². The van der Waals surface area contributed by atoms with Crippen LogP contribution < -0.4 is 0 Å². The Morgan fingerprint density at radius 3 is 2.19 bits per heavy atom. The van der Waals surface area contributed by atoms with Crippen molar-refractivity contribution >= 4 is 5.91 Å². The van der Waals surface area contributed by atoms with E-state index < -0.39 is 0 Å². The second-order valence-electron chi connectivity index (χ2n) is 7.43. The first-order valence-corrected chi connectivity index (χ1v) is 9.62. The summed E-state index contributed by atoms with van der Waals surface area (Å²) in [5.74, 6) is 0.627. The van der Waals surface area contributed by atoms with Crippen LogP contribution in [0, 0.1) is 5.92 Å². The lowest BCUT2D eigenvalue weighted by Crippen LogP contribution is -2.38. The Balaban J connectivity index is 1.99. The van der Waals surface area contributed by atoms with E-state index in [9.17, 15) is 4.79 Å². The van der Waals surface area contributed by atoms with Crippen LogP contribution >= 0.6 is 0 Å². The second kappa shape index (κ2) is 10.9. The Kier molecular flexibility index (Phi) is 8.49. The van der Waals surface area contributed by atoms with Crippen molar-refractivity contribution in [3.05, 3.63) is 71.3 Å². The number of likely N-dealkylation sites (N-methyl/N-ethyl adjacent to an activating group) is 1. The summed E-state index contributed by atoms with van der Waals surface area (Å²) in [6.07, 6.45) is 2.02. The molecular formula is C23H32N2O2. The Morgan fingerprint density at radius 2 is 1.59 bits per heavy atom. The highest BCUT2D eigenvalue weighted by molar-refractivity contribution is 5.76. The van der Waals surface area contributed by atoms with Crippen LogP contribution in [0.5, 0.6) is 0 Å². The summed E-state index contributed by atoms with van der Waals surface area (Å²) < 4.78 is 0. The van der Waals surface area contributed by atoms with Gasteiger partial charge in [-0.3, -0.25) is 14.5 Å². The van der Waals surface area contributed by atoms with Gasteiger partial charge in [0, 0.05) is 20.1 Å². The molecule has 0 fully saturated rings. The van der Waals surface area contributed by atoms with E-state index in [1.165, 1.54) is 28.9 Å². The Morgan fingerprint density at radius 1 is 0.963 bits per heavy atom.